The Balaban J connectivity index is 1.95. The zero-order chi connectivity index (χ0) is 12.1. The van der Waals surface area contributed by atoms with Gasteiger partial charge in [0.05, 0.1) is 19.8 Å². The molecule has 2 heterocycles. The summed E-state index contributed by atoms with van der Waals surface area (Å²) in [6.45, 7) is 3.90. The fraction of sp³-hybridized carbons (Fsp3) is 0.700. The summed E-state index contributed by atoms with van der Waals surface area (Å²) in [5.41, 5.74) is 3.17. The van der Waals surface area contributed by atoms with Crippen molar-refractivity contribution in [2.24, 2.45) is 5.10 Å². The summed E-state index contributed by atoms with van der Waals surface area (Å²) in [5.74, 6) is 0.936. The molecule has 1 saturated heterocycles. The van der Waals surface area contributed by atoms with Gasteiger partial charge in [-0.25, -0.2) is 5.12 Å². The number of nitrogens with one attached hydrogen (secondary N) is 1. The average Bonchev–Trinajstić information content (AvgIpc) is 2.37. The van der Waals surface area contributed by atoms with Gasteiger partial charge in [-0.2, -0.15) is 0 Å². The number of hydrazine groups is 1. The molecule has 6 nitrogen and oxygen atoms in total. The molecule has 1 fully saturated rings. The molecule has 0 unspecified atom stereocenters. The van der Waals surface area contributed by atoms with Gasteiger partial charge in [-0.1, -0.05) is 11.6 Å². The molecule has 0 saturated carbocycles. The molecule has 0 bridgehead atoms. The van der Waals surface area contributed by atoms with Crippen molar-refractivity contribution in [2.45, 2.75) is 6.42 Å². The molecule has 0 atom stereocenters. The highest BCUT2D eigenvalue weighted by Crippen LogP contribution is 2.11. The largest absolute Gasteiger partial charge is 0.396 e. The first-order chi connectivity index (χ1) is 8.29. The Morgan fingerprint density at radius 3 is 2.94 bits per heavy atom. The molecular formula is C10H17ClN4O2. The number of ether oxygens (including phenoxy) is 1. The summed E-state index contributed by atoms with van der Waals surface area (Å²) >= 11 is 5.98. The molecule has 0 amide bonds. The standard InChI is InChI=1S/C10H17ClN4O2/c11-9-8-10(14-3-6-17-7-4-14)13-15(12-9)2-1-5-16/h8,13,16H,1-7H2. The summed E-state index contributed by atoms with van der Waals surface area (Å²) in [7, 11) is 0. The van der Waals surface area contributed by atoms with Gasteiger partial charge in [-0.15, -0.1) is 5.10 Å². The van der Waals surface area contributed by atoms with Crippen LogP contribution >= 0.6 is 11.6 Å². The summed E-state index contributed by atoms with van der Waals surface area (Å²) in [6.07, 6.45) is 2.46. The molecule has 2 aliphatic rings. The number of hydrazone groups is 1. The van der Waals surface area contributed by atoms with Crippen LogP contribution in [0.25, 0.3) is 0 Å². The molecule has 0 radical (unpaired) electrons. The van der Waals surface area contributed by atoms with Crippen LogP contribution in [-0.2, 0) is 4.74 Å². The molecule has 17 heavy (non-hydrogen) atoms. The van der Waals surface area contributed by atoms with E-state index in [-0.39, 0.29) is 6.61 Å². The highest BCUT2D eigenvalue weighted by Gasteiger charge is 2.18. The van der Waals surface area contributed by atoms with Crippen molar-refractivity contribution in [1.29, 1.82) is 0 Å². The van der Waals surface area contributed by atoms with Gasteiger partial charge in [0.2, 0.25) is 0 Å². The predicted octanol–water partition coefficient (Wildman–Crippen LogP) is -0.0851. The maximum absolute atomic E-state index is 8.80. The fourth-order valence-electron chi connectivity index (χ4n) is 1.74. The van der Waals surface area contributed by atoms with Gasteiger partial charge in [0.15, 0.2) is 5.17 Å². The van der Waals surface area contributed by atoms with Gasteiger partial charge in [0.1, 0.15) is 5.82 Å². The first-order valence-corrected chi connectivity index (χ1v) is 6.11. The van der Waals surface area contributed by atoms with Crippen LogP contribution in [0.3, 0.4) is 0 Å². The number of allylic oxidation sites excluding steroid dienone is 1. The topological polar surface area (TPSA) is 60.3 Å². The minimum Gasteiger partial charge on any atom is -0.396 e. The predicted molar refractivity (Wildman–Crippen MR) is 65.3 cm³/mol. The molecule has 0 aromatic carbocycles. The molecule has 0 spiro atoms. The third kappa shape index (κ3) is 3.49. The van der Waals surface area contributed by atoms with Crippen LogP contribution in [0.15, 0.2) is 17.0 Å². The van der Waals surface area contributed by atoms with Gasteiger partial charge >= 0.3 is 0 Å². The van der Waals surface area contributed by atoms with E-state index >= 15 is 0 Å². The van der Waals surface area contributed by atoms with E-state index < -0.39 is 0 Å². The number of hydrogen-bond donors (Lipinski definition) is 2. The molecule has 0 aromatic heterocycles. The number of morpholine rings is 1. The first-order valence-electron chi connectivity index (χ1n) is 5.73. The van der Waals surface area contributed by atoms with Gasteiger partial charge in [-0.3, -0.25) is 5.43 Å². The number of nitrogens with zero attached hydrogens (tertiary/aromatic N) is 3. The van der Waals surface area contributed by atoms with Crippen molar-refractivity contribution < 1.29 is 9.84 Å². The lowest BCUT2D eigenvalue weighted by Gasteiger charge is -2.35. The van der Waals surface area contributed by atoms with E-state index in [9.17, 15) is 0 Å². The van der Waals surface area contributed by atoms with Crippen LogP contribution in [-0.4, -0.2) is 59.8 Å². The molecule has 2 rings (SSSR count). The van der Waals surface area contributed by atoms with E-state index in [1.807, 2.05) is 6.08 Å². The summed E-state index contributed by atoms with van der Waals surface area (Å²) < 4.78 is 5.30. The Morgan fingerprint density at radius 1 is 1.47 bits per heavy atom. The smallest absolute Gasteiger partial charge is 0.154 e. The molecule has 96 valence electrons. The number of halogens is 1. The van der Waals surface area contributed by atoms with E-state index in [2.05, 4.69) is 15.4 Å². The van der Waals surface area contributed by atoms with Crippen LogP contribution < -0.4 is 5.43 Å². The fourth-order valence-corrected chi connectivity index (χ4v) is 1.93. The lowest BCUT2D eigenvalue weighted by Crippen LogP contribution is -2.47. The average molecular weight is 261 g/mol. The summed E-state index contributed by atoms with van der Waals surface area (Å²) in [5, 5.41) is 15.0. The van der Waals surface area contributed by atoms with E-state index in [1.165, 1.54) is 0 Å². The lowest BCUT2D eigenvalue weighted by atomic mass is 10.4. The Bertz CT molecular complexity index is 315. The zero-order valence-corrected chi connectivity index (χ0v) is 10.4. The van der Waals surface area contributed by atoms with Crippen molar-refractivity contribution in [3.8, 4) is 0 Å². The number of aliphatic hydroxyl groups excluding tert-OH is 1. The van der Waals surface area contributed by atoms with Gasteiger partial charge in [0.25, 0.3) is 0 Å². The minimum atomic E-state index is 0.141. The van der Waals surface area contributed by atoms with Crippen molar-refractivity contribution in [3.63, 3.8) is 0 Å². The van der Waals surface area contributed by atoms with E-state index in [0.29, 0.717) is 18.1 Å². The van der Waals surface area contributed by atoms with E-state index in [1.54, 1.807) is 5.12 Å². The summed E-state index contributed by atoms with van der Waals surface area (Å²) in [6, 6.07) is 0. The Kier molecular flexibility index (Phi) is 4.47. The van der Waals surface area contributed by atoms with Crippen molar-refractivity contribution in [2.75, 3.05) is 39.5 Å². The van der Waals surface area contributed by atoms with Crippen LogP contribution in [0.1, 0.15) is 6.42 Å². The second-order valence-electron chi connectivity index (χ2n) is 3.86. The highest BCUT2D eigenvalue weighted by atomic mass is 35.5. The van der Waals surface area contributed by atoms with Gasteiger partial charge in [0, 0.05) is 25.8 Å². The van der Waals surface area contributed by atoms with Gasteiger partial charge in [-0.05, 0) is 6.42 Å². The van der Waals surface area contributed by atoms with E-state index in [0.717, 1.165) is 32.1 Å². The van der Waals surface area contributed by atoms with Crippen LogP contribution in [0.4, 0.5) is 0 Å². The van der Waals surface area contributed by atoms with Crippen molar-refractivity contribution >= 4 is 16.8 Å². The summed E-state index contributed by atoms with van der Waals surface area (Å²) in [4.78, 5) is 2.17. The number of hydrogen-bond acceptors (Lipinski definition) is 6. The normalized spacial score (nSPS) is 20.8. The zero-order valence-electron chi connectivity index (χ0n) is 9.60. The molecule has 0 aromatic rings. The van der Waals surface area contributed by atoms with Crippen molar-refractivity contribution in [3.05, 3.63) is 11.9 Å². The third-order valence-electron chi connectivity index (χ3n) is 2.60. The van der Waals surface area contributed by atoms with Crippen LogP contribution in [0.5, 0.6) is 0 Å². The van der Waals surface area contributed by atoms with E-state index in [4.69, 9.17) is 21.4 Å². The van der Waals surface area contributed by atoms with Crippen LogP contribution in [0.2, 0.25) is 0 Å². The molecule has 2 N–H and O–H groups in total. The molecule has 0 aliphatic carbocycles. The van der Waals surface area contributed by atoms with Gasteiger partial charge < -0.3 is 14.7 Å². The quantitative estimate of drug-likeness (QED) is 0.740. The second-order valence-corrected chi connectivity index (χ2v) is 4.25. The first kappa shape index (κ1) is 12.5. The molecule has 7 heteroatoms. The third-order valence-corrected chi connectivity index (χ3v) is 2.78. The SMILES string of the molecule is OCCCN1N=C(Cl)C=C(N2CCOCC2)N1. The Labute approximate surface area is 105 Å². The highest BCUT2D eigenvalue weighted by molar-refractivity contribution is 6.68. The monoisotopic (exact) mass is 260 g/mol. The maximum Gasteiger partial charge on any atom is 0.154 e. The number of rotatable bonds is 4. The maximum atomic E-state index is 8.80. The lowest BCUT2D eigenvalue weighted by molar-refractivity contribution is 0.0404. The van der Waals surface area contributed by atoms with Crippen molar-refractivity contribution in [1.82, 2.24) is 15.4 Å². The Hall–Kier alpha value is -0.980. The molecule has 2 aliphatic heterocycles. The molecular weight excluding hydrogens is 244 g/mol. The van der Waals surface area contributed by atoms with Crippen LogP contribution in [0, 0.1) is 0 Å². The number of aliphatic hydroxyl groups is 1. The minimum absolute atomic E-state index is 0.141. The Morgan fingerprint density at radius 2 is 2.24 bits per heavy atom. The second kappa shape index (κ2) is 6.09.